The Morgan fingerprint density at radius 3 is 3.09 bits per heavy atom. The smallest absolute Gasteiger partial charge is 0.0672 e. The average Bonchev–Trinajstić information content (AvgIpc) is 3.24. The molecule has 0 saturated heterocycles. The maximum atomic E-state index is 4.43. The van der Waals surface area contributed by atoms with Crippen LogP contribution in [0.25, 0.3) is 11.3 Å². The van der Waals surface area contributed by atoms with Gasteiger partial charge in [-0.2, -0.15) is 10.2 Å². The van der Waals surface area contributed by atoms with Crippen LogP contribution in [0.3, 0.4) is 0 Å². The van der Waals surface area contributed by atoms with E-state index in [4.69, 9.17) is 0 Å². The molecule has 0 fully saturated rings. The van der Waals surface area contributed by atoms with E-state index in [1.54, 1.807) is 6.20 Å². The van der Waals surface area contributed by atoms with Crippen molar-refractivity contribution in [3.63, 3.8) is 0 Å². The fraction of sp³-hybridized carbons (Fsp3) is 0.333. The molecule has 0 bridgehead atoms. The van der Waals surface area contributed by atoms with Crippen LogP contribution in [0.2, 0.25) is 0 Å². The average molecular weight is 307 g/mol. The predicted octanol–water partition coefficient (Wildman–Crippen LogP) is 2.76. The van der Waals surface area contributed by atoms with Gasteiger partial charge in [-0.15, -0.1) is 0 Å². The quantitative estimate of drug-likeness (QED) is 0.694. The van der Waals surface area contributed by atoms with Crippen molar-refractivity contribution in [2.24, 2.45) is 0 Å². The zero-order valence-corrected chi connectivity index (χ0v) is 13.3. The first kappa shape index (κ1) is 14.2. The molecule has 23 heavy (non-hydrogen) atoms. The van der Waals surface area contributed by atoms with E-state index in [9.17, 15) is 0 Å². The van der Waals surface area contributed by atoms with Gasteiger partial charge >= 0.3 is 0 Å². The van der Waals surface area contributed by atoms with Gasteiger partial charge in [-0.3, -0.25) is 10.2 Å². The number of aromatic nitrogens is 4. The fourth-order valence-corrected chi connectivity index (χ4v) is 3.36. The SMILES string of the molecule is Cc1[nH]nc2c1CCC(NCc1cccc(-c3ccn[nH]3)c1)C2. The minimum atomic E-state index is 0.501. The summed E-state index contributed by atoms with van der Waals surface area (Å²) >= 11 is 0. The van der Waals surface area contributed by atoms with Gasteiger partial charge < -0.3 is 5.32 Å². The summed E-state index contributed by atoms with van der Waals surface area (Å²) in [5.74, 6) is 0. The first-order valence-electron chi connectivity index (χ1n) is 8.14. The van der Waals surface area contributed by atoms with E-state index < -0.39 is 0 Å². The number of rotatable bonds is 4. The number of hydrogen-bond donors (Lipinski definition) is 3. The second-order valence-electron chi connectivity index (χ2n) is 6.27. The molecule has 3 aromatic rings. The van der Waals surface area contributed by atoms with Gasteiger partial charge in [-0.1, -0.05) is 18.2 Å². The second kappa shape index (κ2) is 6.01. The Hall–Kier alpha value is -2.40. The highest BCUT2D eigenvalue weighted by Crippen LogP contribution is 2.23. The van der Waals surface area contributed by atoms with Gasteiger partial charge in [0.05, 0.1) is 11.4 Å². The van der Waals surface area contributed by atoms with Crippen molar-refractivity contribution in [1.29, 1.82) is 0 Å². The summed E-state index contributed by atoms with van der Waals surface area (Å²) in [7, 11) is 0. The number of nitrogens with one attached hydrogen (secondary N) is 3. The van der Waals surface area contributed by atoms with Gasteiger partial charge in [0, 0.05) is 30.9 Å². The molecule has 0 spiro atoms. The van der Waals surface area contributed by atoms with E-state index >= 15 is 0 Å². The Kier molecular flexibility index (Phi) is 3.71. The minimum absolute atomic E-state index is 0.501. The first-order valence-corrected chi connectivity index (χ1v) is 8.14. The van der Waals surface area contributed by atoms with Crippen LogP contribution in [0.15, 0.2) is 36.5 Å². The van der Waals surface area contributed by atoms with Crippen LogP contribution >= 0.6 is 0 Å². The third kappa shape index (κ3) is 2.92. The van der Waals surface area contributed by atoms with Crippen molar-refractivity contribution in [2.75, 3.05) is 0 Å². The molecule has 3 N–H and O–H groups in total. The van der Waals surface area contributed by atoms with E-state index in [0.29, 0.717) is 6.04 Å². The van der Waals surface area contributed by atoms with Crippen LogP contribution in [0.4, 0.5) is 0 Å². The number of aromatic amines is 2. The highest BCUT2D eigenvalue weighted by atomic mass is 15.1. The van der Waals surface area contributed by atoms with Gasteiger partial charge in [0.1, 0.15) is 0 Å². The number of hydrogen-bond acceptors (Lipinski definition) is 3. The molecule has 1 atom stereocenters. The van der Waals surface area contributed by atoms with Crippen LogP contribution < -0.4 is 5.32 Å². The van der Waals surface area contributed by atoms with Gasteiger partial charge in [-0.05, 0) is 48.6 Å². The summed E-state index contributed by atoms with van der Waals surface area (Å²) in [4.78, 5) is 0. The maximum absolute atomic E-state index is 4.43. The summed E-state index contributed by atoms with van der Waals surface area (Å²) < 4.78 is 0. The highest BCUT2D eigenvalue weighted by molar-refractivity contribution is 5.59. The van der Waals surface area contributed by atoms with Crippen molar-refractivity contribution >= 4 is 0 Å². The lowest BCUT2D eigenvalue weighted by molar-refractivity contribution is 0.453. The monoisotopic (exact) mass is 307 g/mol. The van der Waals surface area contributed by atoms with Crippen molar-refractivity contribution in [1.82, 2.24) is 25.7 Å². The molecule has 0 saturated carbocycles. The Morgan fingerprint density at radius 1 is 1.26 bits per heavy atom. The van der Waals surface area contributed by atoms with Crippen LogP contribution in [0.1, 0.15) is 28.9 Å². The van der Waals surface area contributed by atoms with Crippen LogP contribution in [0, 0.1) is 6.92 Å². The molecule has 2 heterocycles. The number of aryl methyl sites for hydroxylation is 1. The molecule has 4 rings (SSSR count). The molecule has 118 valence electrons. The van der Waals surface area contributed by atoms with Crippen molar-refractivity contribution in [2.45, 2.75) is 38.8 Å². The third-order valence-electron chi connectivity index (χ3n) is 4.68. The molecule has 5 nitrogen and oxygen atoms in total. The molecule has 1 aromatic carbocycles. The van der Waals surface area contributed by atoms with Crippen molar-refractivity contribution in [3.05, 3.63) is 59.0 Å². The Labute approximate surface area is 135 Å². The summed E-state index contributed by atoms with van der Waals surface area (Å²) in [6.07, 6.45) is 5.09. The summed E-state index contributed by atoms with van der Waals surface area (Å²) in [5.41, 5.74) is 7.41. The van der Waals surface area contributed by atoms with E-state index in [1.807, 2.05) is 6.07 Å². The number of fused-ring (bicyclic) bond motifs is 1. The van der Waals surface area contributed by atoms with Crippen LogP contribution in [0.5, 0.6) is 0 Å². The molecular formula is C18H21N5. The topological polar surface area (TPSA) is 69.4 Å². The number of H-pyrrole nitrogens is 2. The largest absolute Gasteiger partial charge is 0.310 e. The van der Waals surface area contributed by atoms with Crippen LogP contribution in [-0.4, -0.2) is 26.4 Å². The van der Waals surface area contributed by atoms with Gasteiger partial charge in [0.25, 0.3) is 0 Å². The van der Waals surface area contributed by atoms with Gasteiger partial charge in [0.2, 0.25) is 0 Å². The lowest BCUT2D eigenvalue weighted by atomic mass is 9.92. The molecule has 0 amide bonds. The van der Waals surface area contributed by atoms with E-state index in [-0.39, 0.29) is 0 Å². The molecule has 1 aliphatic carbocycles. The lowest BCUT2D eigenvalue weighted by Gasteiger charge is -2.23. The Morgan fingerprint density at radius 2 is 2.22 bits per heavy atom. The molecule has 1 aliphatic rings. The highest BCUT2D eigenvalue weighted by Gasteiger charge is 2.21. The summed E-state index contributed by atoms with van der Waals surface area (Å²) in [5, 5.41) is 18.3. The molecule has 2 aromatic heterocycles. The maximum Gasteiger partial charge on any atom is 0.0672 e. The number of nitrogens with zero attached hydrogens (tertiary/aromatic N) is 2. The van der Waals surface area contributed by atoms with E-state index in [0.717, 1.165) is 25.1 Å². The standard InChI is InChI=1S/C18H21N5/c1-12-16-6-5-15(10-18(16)23-21-12)19-11-13-3-2-4-14(9-13)17-7-8-20-22-17/h2-4,7-9,15,19H,5-6,10-11H2,1H3,(H,20,22)(H,21,23). The van der Waals surface area contributed by atoms with E-state index in [2.05, 4.69) is 56.9 Å². The van der Waals surface area contributed by atoms with Crippen LogP contribution in [-0.2, 0) is 19.4 Å². The molecule has 0 aliphatic heterocycles. The number of benzene rings is 1. The van der Waals surface area contributed by atoms with Gasteiger partial charge in [-0.25, -0.2) is 0 Å². The predicted molar refractivity (Wildman–Crippen MR) is 90.0 cm³/mol. The van der Waals surface area contributed by atoms with Crippen molar-refractivity contribution < 1.29 is 0 Å². The molecular weight excluding hydrogens is 286 g/mol. The zero-order valence-electron chi connectivity index (χ0n) is 13.3. The second-order valence-corrected chi connectivity index (χ2v) is 6.27. The van der Waals surface area contributed by atoms with Gasteiger partial charge in [0.15, 0.2) is 0 Å². The van der Waals surface area contributed by atoms with Crippen molar-refractivity contribution in [3.8, 4) is 11.3 Å². The summed E-state index contributed by atoms with van der Waals surface area (Å²) in [6.45, 7) is 2.99. The fourth-order valence-electron chi connectivity index (χ4n) is 3.36. The Bertz CT molecular complexity index is 788. The molecule has 5 heteroatoms. The normalized spacial score (nSPS) is 17.2. The Balaban J connectivity index is 1.41. The first-order chi connectivity index (χ1) is 11.3. The minimum Gasteiger partial charge on any atom is -0.310 e. The molecule has 1 unspecified atom stereocenters. The molecule has 0 radical (unpaired) electrons. The third-order valence-corrected chi connectivity index (χ3v) is 4.68. The summed E-state index contributed by atoms with van der Waals surface area (Å²) in [6, 6.07) is 11.1. The zero-order chi connectivity index (χ0) is 15.6. The lowest BCUT2D eigenvalue weighted by Crippen LogP contribution is -2.34. The van der Waals surface area contributed by atoms with E-state index in [1.165, 1.54) is 34.5 Å².